The van der Waals surface area contributed by atoms with Crippen LogP contribution in [-0.2, 0) is 9.59 Å². The number of carbonyl (C=O) groups excluding carboxylic acids is 2. The van der Waals surface area contributed by atoms with Crippen LogP contribution in [0.3, 0.4) is 0 Å². The number of pyridine rings is 1. The van der Waals surface area contributed by atoms with Gasteiger partial charge in [0.25, 0.3) is 0 Å². The maximum Gasteiger partial charge on any atom is 0.243 e. The predicted octanol–water partition coefficient (Wildman–Crippen LogP) is 5.60. The SMILES string of the molecule is CC1C[C@H]2NC(=O)C=C[C@]2(C)[C@H]2CC[C@]3(C)[C@@H]([C@H](C)CCC(=O)Nc4ccncc4)CC[C@H]3[C@H]12. The summed E-state index contributed by atoms with van der Waals surface area (Å²) >= 11 is 0. The molecule has 0 saturated heterocycles. The Hall–Kier alpha value is -2.17. The van der Waals surface area contributed by atoms with Gasteiger partial charge in [-0.1, -0.05) is 33.8 Å². The van der Waals surface area contributed by atoms with Gasteiger partial charge in [0.1, 0.15) is 0 Å². The van der Waals surface area contributed by atoms with E-state index in [2.05, 4.69) is 49.4 Å². The van der Waals surface area contributed by atoms with Crippen LogP contribution in [0.1, 0.15) is 72.6 Å². The van der Waals surface area contributed by atoms with E-state index in [9.17, 15) is 9.59 Å². The average molecular weight is 464 g/mol. The Morgan fingerprint density at radius 2 is 1.97 bits per heavy atom. The zero-order chi connectivity index (χ0) is 24.1. The summed E-state index contributed by atoms with van der Waals surface area (Å²) in [5, 5.41) is 6.31. The molecule has 9 atom stereocenters. The predicted molar refractivity (Wildman–Crippen MR) is 135 cm³/mol. The molecule has 0 radical (unpaired) electrons. The second-order valence-corrected chi connectivity index (χ2v) is 12.3. The third kappa shape index (κ3) is 3.89. The number of amides is 2. The number of hydrogen-bond donors (Lipinski definition) is 2. The molecule has 34 heavy (non-hydrogen) atoms. The first-order valence-electron chi connectivity index (χ1n) is 13.4. The van der Waals surface area contributed by atoms with Gasteiger partial charge >= 0.3 is 0 Å². The van der Waals surface area contributed by atoms with Gasteiger partial charge in [0.05, 0.1) is 0 Å². The number of nitrogens with one attached hydrogen (secondary N) is 2. The highest BCUT2D eigenvalue weighted by molar-refractivity contribution is 5.90. The van der Waals surface area contributed by atoms with E-state index in [1.165, 1.54) is 25.7 Å². The van der Waals surface area contributed by atoms with E-state index in [1.54, 1.807) is 18.5 Å². The van der Waals surface area contributed by atoms with E-state index >= 15 is 0 Å². The van der Waals surface area contributed by atoms with Gasteiger partial charge in [-0.05, 0) is 97.7 Å². The van der Waals surface area contributed by atoms with E-state index in [-0.39, 0.29) is 23.3 Å². The molecule has 2 N–H and O–H groups in total. The largest absolute Gasteiger partial charge is 0.349 e. The highest BCUT2D eigenvalue weighted by Crippen LogP contribution is 2.67. The van der Waals surface area contributed by atoms with Crippen molar-refractivity contribution in [2.45, 2.75) is 78.7 Å². The van der Waals surface area contributed by atoms with Crippen LogP contribution in [-0.4, -0.2) is 22.8 Å². The first-order chi connectivity index (χ1) is 16.2. The fourth-order valence-electron chi connectivity index (χ4n) is 8.88. The maximum absolute atomic E-state index is 12.5. The normalized spacial score (nSPS) is 41.6. The standard InChI is InChI=1S/C29H41N3O2/c1-18(5-8-25(33)31-20-11-15-30-16-12-20)21-6-7-22-27-19(2)17-24-29(4,14-10-26(34)32-24)23(27)9-13-28(21,22)3/h10-12,14-16,18-19,21-24,27H,5-9,13,17H2,1-4H3,(H,32,34)(H,30,31,33)/t18-,19?,21-,22+,23+,24-,27+,28-,29-/m1/s1. The van der Waals surface area contributed by atoms with Gasteiger partial charge in [-0.25, -0.2) is 0 Å². The number of carbonyl (C=O) groups is 2. The summed E-state index contributed by atoms with van der Waals surface area (Å²) in [6, 6.07) is 3.96. The third-order valence-electron chi connectivity index (χ3n) is 10.6. The minimum atomic E-state index is 0.0801. The number of hydrogen-bond acceptors (Lipinski definition) is 3. The summed E-state index contributed by atoms with van der Waals surface area (Å²) in [6.07, 6.45) is 15.2. The molecule has 2 amide bonds. The van der Waals surface area contributed by atoms with Gasteiger partial charge in [-0.15, -0.1) is 0 Å². The summed E-state index contributed by atoms with van der Waals surface area (Å²) in [5.74, 6) is 4.19. The molecule has 0 bridgehead atoms. The second-order valence-electron chi connectivity index (χ2n) is 12.3. The molecular weight excluding hydrogens is 422 g/mol. The fourth-order valence-corrected chi connectivity index (χ4v) is 8.88. The van der Waals surface area contributed by atoms with Crippen LogP contribution in [0.15, 0.2) is 36.7 Å². The Morgan fingerprint density at radius 1 is 1.21 bits per heavy atom. The number of anilines is 1. The summed E-state index contributed by atoms with van der Waals surface area (Å²) in [6.45, 7) is 9.79. The minimum Gasteiger partial charge on any atom is -0.349 e. The molecule has 1 aromatic rings. The van der Waals surface area contributed by atoms with E-state index in [0.29, 0.717) is 35.5 Å². The van der Waals surface area contributed by atoms with Crippen LogP contribution in [0.5, 0.6) is 0 Å². The van der Waals surface area contributed by atoms with E-state index in [4.69, 9.17) is 0 Å². The van der Waals surface area contributed by atoms with Crippen LogP contribution in [0.25, 0.3) is 0 Å². The summed E-state index contributed by atoms with van der Waals surface area (Å²) in [5.41, 5.74) is 1.27. The molecule has 3 aliphatic carbocycles. The first kappa shape index (κ1) is 23.6. The molecular formula is C29H41N3O2. The first-order valence-corrected chi connectivity index (χ1v) is 13.4. The Labute approximate surface area is 204 Å². The second kappa shape index (κ2) is 8.80. The zero-order valence-electron chi connectivity index (χ0n) is 21.2. The van der Waals surface area contributed by atoms with Crippen molar-refractivity contribution in [2.75, 3.05) is 5.32 Å². The van der Waals surface area contributed by atoms with Gasteiger partial charge in [-0.2, -0.15) is 0 Å². The number of aromatic nitrogens is 1. The summed E-state index contributed by atoms with van der Waals surface area (Å²) in [7, 11) is 0. The lowest BCUT2D eigenvalue weighted by Crippen LogP contribution is -2.61. The number of fused-ring (bicyclic) bond motifs is 5. The highest BCUT2D eigenvalue weighted by atomic mass is 16.2. The van der Waals surface area contributed by atoms with Gasteiger partial charge in [-0.3, -0.25) is 14.6 Å². The van der Waals surface area contributed by atoms with Crippen molar-refractivity contribution in [1.29, 1.82) is 0 Å². The van der Waals surface area contributed by atoms with E-state index < -0.39 is 0 Å². The van der Waals surface area contributed by atoms with Crippen molar-refractivity contribution in [3.05, 3.63) is 36.7 Å². The van der Waals surface area contributed by atoms with Crippen LogP contribution in [0.2, 0.25) is 0 Å². The zero-order valence-corrected chi connectivity index (χ0v) is 21.2. The monoisotopic (exact) mass is 463 g/mol. The van der Waals surface area contributed by atoms with Crippen molar-refractivity contribution in [1.82, 2.24) is 10.3 Å². The number of rotatable bonds is 5. The quantitative estimate of drug-likeness (QED) is 0.597. The lowest BCUT2D eigenvalue weighted by Gasteiger charge is -2.61. The molecule has 2 heterocycles. The molecule has 0 aromatic carbocycles. The maximum atomic E-state index is 12.5. The Bertz CT molecular complexity index is 961. The lowest BCUT2D eigenvalue weighted by atomic mass is 9.45. The number of nitrogens with zero attached hydrogens (tertiary/aromatic N) is 1. The van der Waals surface area contributed by atoms with Crippen molar-refractivity contribution >= 4 is 17.5 Å². The van der Waals surface area contributed by atoms with Gasteiger partial charge < -0.3 is 10.6 Å². The molecule has 5 heteroatoms. The summed E-state index contributed by atoms with van der Waals surface area (Å²) < 4.78 is 0. The van der Waals surface area contributed by atoms with Gasteiger partial charge in [0.2, 0.25) is 11.8 Å². The van der Waals surface area contributed by atoms with Crippen LogP contribution < -0.4 is 10.6 Å². The Morgan fingerprint density at radius 3 is 2.74 bits per heavy atom. The van der Waals surface area contributed by atoms with Crippen LogP contribution >= 0.6 is 0 Å². The van der Waals surface area contributed by atoms with E-state index in [1.807, 2.05) is 12.1 Å². The Balaban J connectivity index is 1.27. The summed E-state index contributed by atoms with van der Waals surface area (Å²) in [4.78, 5) is 28.6. The van der Waals surface area contributed by atoms with Crippen molar-refractivity contribution in [2.24, 2.45) is 46.3 Å². The van der Waals surface area contributed by atoms with Crippen LogP contribution in [0, 0.1) is 46.3 Å². The van der Waals surface area contributed by atoms with Crippen molar-refractivity contribution in [3.8, 4) is 0 Å². The highest BCUT2D eigenvalue weighted by Gasteiger charge is 2.61. The molecule has 5 nitrogen and oxygen atoms in total. The molecule has 3 saturated carbocycles. The molecule has 1 unspecified atom stereocenters. The van der Waals surface area contributed by atoms with Crippen molar-refractivity contribution in [3.63, 3.8) is 0 Å². The molecule has 0 spiro atoms. The molecule has 4 aliphatic rings. The lowest BCUT2D eigenvalue weighted by molar-refractivity contribution is -0.126. The molecule has 3 fully saturated rings. The average Bonchev–Trinajstić information content (AvgIpc) is 3.16. The smallest absolute Gasteiger partial charge is 0.243 e. The molecule has 1 aromatic heterocycles. The molecule has 5 rings (SSSR count). The van der Waals surface area contributed by atoms with Crippen LogP contribution in [0.4, 0.5) is 5.69 Å². The topological polar surface area (TPSA) is 71.1 Å². The Kier molecular flexibility index (Phi) is 6.10. The van der Waals surface area contributed by atoms with Gasteiger partial charge in [0, 0.05) is 36.0 Å². The molecule has 184 valence electrons. The minimum absolute atomic E-state index is 0.0801. The van der Waals surface area contributed by atoms with Gasteiger partial charge in [0.15, 0.2) is 0 Å². The van der Waals surface area contributed by atoms with Crippen molar-refractivity contribution < 1.29 is 9.59 Å². The van der Waals surface area contributed by atoms with E-state index in [0.717, 1.165) is 30.4 Å². The fraction of sp³-hybridized carbons (Fsp3) is 0.690. The third-order valence-corrected chi connectivity index (χ3v) is 10.6. The molecule has 1 aliphatic heterocycles.